The van der Waals surface area contributed by atoms with E-state index in [1.807, 2.05) is 18.2 Å². The fourth-order valence-electron chi connectivity index (χ4n) is 2.25. The minimum Gasteiger partial charge on any atom is -0.399 e. The van der Waals surface area contributed by atoms with Crippen LogP contribution in [-0.4, -0.2) is 34.3 Å². The molecule has 5 heteroatoms. The summed E-state index contributed by atoms with van der Waals surface area (Å²) in [5.41, 5.74) is 7.38. The fraction of sp³-hybridized carbons (Fsp3) is 0.333. The van der Waals surface area contributed by atoms with Gasteiger partial charge in [0.2, 0.25) is 0 Å². The zero-order chi connectivity index (χ0) is 11.8. The highest BCUT2D eigenvalue weighted by molar-refractivity contribution is 5.91. The van der Waals surface area contributed by atoms with Crippen LogP contribution in [0.1, 0.15) is 6.42 Å². The molecule has 3 rings (SSSR count). The minimum atomic E-state index is -0.263. The summed E-state index contributed by atoms with van der Waals surface area (Å²) >= 11 is 0. The van der Waals surface area contributed by atoms with Gasteiger partial charge in [-0.1, -0.05) is 0 Å². The van der Waals surface area contributed by atoms with E-state index in [9.17, 15) is 5.11 Å². The molecular formula is C12H14N4O. The van der Waals surface area contributed by atoms with Crippen LogP contribution in [0.5, 0.6) is 0 Å². The van der Waals surface area contributed by atoms with Crippen molar-refractivity contribution in [3.63, 3.8) is 0 Å². The van der Waals surface area contributed by atoms with Crippen molar-refractivity contribution in [1.82, 2.24) is 9.97 Å². The highest BCUT2D eigenvalue weighted by atomic mass is 16.3. The maximum Gasteiger partial charge on any atom is 0.140 e. The number of anilines is 2. The minimum absolute atomic E-state index is 0.263. The Hall–Kier alpha value is -1.88. The molecule has 1 unspecified atom stereocenters. The second kappa shape index (κ2) is 3.85. The van der Waals surface area contributed by atoms with E-state index < -0.39 is 0 Å². The van der Waals surface area contributed by atoms with Crippen LogP contribution in [0.25, 0.3) is 10.9 Å². The number of hydrogen-bond donors (Lipinski definition) is 2. The lowest BCUT2D eigenvalue weighted by molar-refractivity contribution is 0.198. The van der Waals surface area contributed by atoms with E-state index in [1.165, 1.54) is 0 Å². The monoisotopic (exact) mass is 230 g/mol. The third-order valence-electron chi connectivity index (χ3n) is 3.10. The number of fused-ring (bicyclic) bond motifs is 1. The molecule has 1 atom stereocenters. The molecule has 1 aromatic carbocycles. The quantitative estimate of drug-likeness (QED) is 0.708. The predicted molar refractivity (Wildman–Crippen MR) is 66.8 cm³/mol. The summed E-state index contributed by atoms with van der Waals surface area (Å²) in [5.74, 6) is 0.860. The predicted octanol–water partition coefficient (Wildman–Crippen LogP) is 0.783. The van der Waals surface area contributed by atoms with Crippen molar-refractivity contribution in [3.8, 4) is 0 Å². The summed E-state index contributed by atoms with van der Waals surface area (Å²) in [5, 5.41) is 10.5. The summed E-state index contributed by atoms with van der Waals surface area (Å²) < 4.78 is 0. The van der Waals surface area contributed by atoms with Crippen molar-refractivity contribution < 1.29 is 5.11 Å². The van der Waals surface area contributed by atoms with Crippen molar-refractivity contribution in [2.75, 3.05) is 23.7 Å². The van der Waals surface area contributed by atoms with Gasteiger partial charge in [-0.2, -0.15) is 0 Å². The van der Waals surface area contributed by atoms with Gasteiger partial charge in [-0.25, -0.2) is 9.97 Å². The maximum atomic E-state index is 9.58. The van der Waals surface area contributed by atoms with E-state index in [0.717, 1.165) is 29.7 Å². The molecule has 5 nitrogen and oxygen atoms in total. The highest BCUT2D eigenvalue weighted by Gasteiger charge is 2.22. The van der Waals surface area contributed by atoms with Crippen molar-refractivity contribution in [1.29, 1.82) is 0 Å². The third kappa shape index (κ3) is 1.78. The lowest BCUT2D eigenvalue weighted by Crippen LogP contribution is -2.22. The molecular weight excluding hydrogens is 216 g/mol. The lowest BCUT2D eigenvalue weighted by atomic mass is 10.2. The van der Waals surface area contributed by atoms with E-state index in [2.05, 4.69) is 14.9 Å². The van der Waals surface area contributed by atoms with Crippen LogP contribution in [0.4, 0.5) is 11.5 Å². The van der Waals surface area contributed by atoms with Crippen molar-refractivity contribution in [2.24, 2.45) is 0 Å². The molecule has 0 amide bonds. The molecule has 0 spiro atoms. The molecule has 17 heavy (non-hydrogen) atoms. The van der Waals surface area contributed by atoms with Crippen LogP contribution in [0.2, 0.25) is 0 Å². The van der Waals surface area contributed by atoms with Gasteiger partial charge >= 0.3 is 0 Å². The van der Waals surface area contributed by atoms with E-state index in [0.29, 0.717) is 12.2 Å². The SMILES string of the molecule is Nc1ccc2ncnc(N3CCC(O)C3)c2c1. The van der Waals surface area contributed by atoms with Crippen molar-refractivity contribution in [3.05, 3.63) is 24.5 Å². The molecule has 0 bridgehead atoms. The van der Waals surface area contributed by atoms with Gasteiger partial charge < -0.3 is 15.7 Å². The number of aromatic nitrogens is 2. The molecule has 3 N–H and O–H groups in total. The van der Waals surface area contributed by atoms with Gasteiger partial charge in [-0.15, -0.1) is 0 Å². The van der Waals surface area contributed by atoms with E-state index >= 15 is 0 Å². The molecule has 1 aliphatic rings. The standard InChI is InChI=1S/C12H14N4O/c13-8-1-2-11-10(5-8)12(15-7-14-11)16-4-3-9(17)6-16/h1-2,5,7,9,17H,3-4,6,13H2. The molecule has 88 valence electrons. The molecule has 1 aliphatic heterocycles. The average Bonchev–Trinajstić information content (AvgIpc) is 2.75. The fourth-order valence-corrected chi connectivity index (χ4v) is 2.25. The van der Waals surface area contributed by atoms with Gasteiger partial charge in [0.1, 0.15) is 12.1 Å². The van der Waals surface area contributed by atoms with Gasteiger partial charge in [0.05, 0.1) is 11.6 Å². The molecule has 0 aliphatic carbocycles. The smallest absolute Gasteiger partial charge is 0.140 e. The zero-order valence-electron chi connectivity index (χ0n) is 9.37. The van der Waals surface area contributed by atoms with Gasteiger partial charge in [0.15, 0.2) is 0 Å². The summed E-state index contributed by atoms with van der Waals surface area (Å²) in [7, 11) is 0. The van der Waals surface area contributed by atoms with Crippen LogP contribution in [0.3, 0.4) is 0 Å². The summed E-state index contributed by atoms with van der Waals surface area (Å²) in [6.45, 7) is 1.45. The lowest BCUT2D eigenvalue weighted by Gasteiger charge is -2.18. The molecule has 1 saturated heterocycles. The Morgan fingerprint density at radius 2 is 2.24 bits per heavy atom. The molecule has 2 aromatic rings. The van der Waals surface area contributed by atoms with Crippen LogP contribution >= 0.6 is 0 Å². The van der Waals surface area contributed by atoms with Gasteiger partial charge in [-0.3, -0.25) is 0 Å². The summed E-state index contributed by atoms with van der Waals surface area (Å²) in [4.78, 5) is 10.6. The average molecular weight is 230 g/mol. The van der Waals surface area contributed by atoms with Crippen LogP contribution in [-0.2, 0) is 0 Å². The topological polar surface area (TPSA) is 75.3 Å². The molecule has 1 fully saturated rings. The van der Waals surface area contributed by atoms with Crippen LogP contribution in [0.15, 0.2) is 24.5 Å². The number of aliphatic hydroxyl groups is 1. The third-order valence-corrected chi connectivity index (χ3v) is 3.10. The molecule has 1 aromatic heterocycles. The first-order valence-electron chi connectivity index (χ1n) is 5.67. The largest absolute Gasteiger partial charge is 0.399 e. The number of nitrogens with zero attached hydrogens (tertiary/aromatic N) is 3. The van der Waals surface area contributed by atoms with E-state index in [1.54, 1.807) is 6.33 Å². The number of hydrogen-bond acceptors (Lipinski definition) is 5. The Labute approximate surface area is 98.9 Å². The number of aliphatic hydroxyl groups excluding tert-OH is 1. The van der Waals surface area contributed by atoms with Crippen molar-refractivity contribution in [2.45, 2.75) is 12.5 Å². The van der Waals surface area contributed by atoms with Gasteiger partial charge in [0, 0.05) is 24.2 Å². The Morgan fingerprint density at radius 1 is 1.35 bits per heavy atom. The van der Waals surface area contributed by atoms with Crippen molar-refractivity contribution >= 4 is 22.4 Å². The summed E-state index contributed by atoms with van der Waals surface area (Å²) in [6.07, 6.45) is 2.08. The first kappa shape index (κ1) is 10.3. The van der Waals surface area contributed by atoms with Gasteiger partial charge in [0.25, 0.3) is 0 Å². The maximum absolute atomic E-state index is 9.58. The van der Waals surface area contributed by atoms with E-state index in [-0.39, 0.29) is 6.10 Å². The first-order chi connectivity index (χ1) is 8.24. The summed E-state index contributed by atoms with van der Waals surface area (Å²) in [6, 6.07) is 5.61. The number of β-amino-alcohol motifs (C(OH)–C–C–N with tert-alkyl or cyclic N) is 1. The normalized spacial score (nSPS) is 20.1. The Kier molecular flexibility index (Phi) is 2.33. The van der Waals surface area contributed by atoms with E-state index in [4.69, 9.17) is 5.73 Å². The Balaban J connectivity index is 2.12. The molecule has 0 radical (unpaired) electrons. The first-order valence-corrected chi connectivity index (χ1v) is 5.67. The number of rotatable bonds is 1. The Morgan fingerprint density at radius 3 is 3.00 bits per heavy atom. The van der Waals surface area contributed by atoms with Crippen LogP contribution < -0.4 is 10.6 Å². The molecule has 0 saturated carbocycles. The second-order valence-electron chi connectivity index (χ2n) is 4.36. The van der Waals surface area contributed by atoms with Gasteiger partial charge in [-0.05, 0) is 24.6 Å². The molecule has 2 heterocycles. The number of benzene rings is 1. The van der Waals surface area contributed by atoms with Crippen LogP contribution in [0, 0.1) is 0 Å². The second-order valence-corrected chi connectivity index (χ2v) is 4.36. The number of nitrogen functional groups attached to an aromatic ring is 1. The number of nitrogens with two attached hydrogens (primary N) is 1. The Bertz CT molecular complexity index is 557. The zero-order valence-corrected chi connectivity index (χ0v) is 9.37. The highest BCUT2D eigenvalue weighted by Crippen LogP contribution is 2.27.